The number of carbonyl (C=O) groups excluding carboxylic acids is 2. The molecule has 1 fully saturated rings. The molecule has 1 aliphatic heterocycles. The fourth-order valence-electron chi connectivity index (χ4n) is 2.15. The van der Waals surface area contributed by atoms with Crippen molar-refractivity contribution in [3.05, 3.63) is 35.9 Å². The first kappa shape index (κ1) is 13.5. The van der Waals surface area contributed by atoms with Crippen LogP contribution in [0.25, 0.3) is 0 Å². The predicted molar refractivity (Wildman–Crippen MR) is 68.2 cm³/mol. The van der Waals surface area contributed by atoms with Crippen molar-refractivity contribution >= 4 is 11.9 Å². The minimum absolute atomic E-state index is 0.125. The van der Waals surface area contributed by atoms with Crippen LogP contribution >= 0.6 is 0 Å². The van der Waals surface area contributed by atoms with E-state index in [1.54, 1.807) is 0 Å². The van der Waals surface area contributed by atoms with Crippen molar-refractivity contribution in [3.8, 4) is 0 Å². The maximum atomic E-state index is 11.8. The average molecular weight is 263 g/mol. The van der Waals surface area contributed by atoms with Crippen molar-refractivity contribution in [3.63, 3.8) is 0 Å². The zero-order chi connectivity index (χ0) is 13.7. The van der Waals surface area contributed by atoms with Crippen LogP contribution in [0.5, 0.6) is 0 Å². The standard InChI is InChI=1S/C14H17NO4/c1-18-13(17)14(8-7-12(16)15-14)10-19-9-11-5-3-2-4-6-11/h2-6H,7-10H2,1H3,(H,15,16). The number of nitrogens with one attached hydrogen (secondary N) is 1. The number of ether oxygens (including phenoxy) is 2. The molecule has 19 heavy (non-hydrogen) atoms. The second-order valence-electron chi connectivity index (χ2n) is 4.60. The number of rotatable bonds is 5. The first-order chi connectivity index (χ1) is 9.16. The van der Waals surface area contributed by atoms with Crippen LogP contribution in [0.2, 0.25) is 0 Å². The molecule has 1 saturated heterocycles. The van der Waals surface area contributed by atoms with Crippen LogP contribution in [0, 0.1) is 0 Å². The van der Waals surface area contributed by atoms with Crippen molar-refractivity contribution in [2.75, 3.05) is 13.7 Å². The largest absolute Gasteiger partial charge is 0.467 e. The van der Waals surface area contributed by atoms with E-state index in [0.717, 1.165) is 5.56 Å². The van der Waals surface area contributed by atoms with E-state index in [-0.39, 0.29) is 12.5 Å². The quantitative estimate of drug-likeness (QED) is 0.806. The highest BCUT2D eigenvalue weighted by atomic mass is 16.5. The van der Waals surface area contributed by atoms with E-state index in [4.69, 9.17) is 9.47 Å². The number of esters is 1. The Balaban J connectivity index is 1.94. The number of hydrogen-bond acceptors (Lipinski definition) is 4. The number of methoxy groups -OCH3 is 1. The van der Waals surface area contributed by atoms with Gasteiger partial charge in [-0.1, -0.05) is 30.3 Å². The summed E-state index contributed by atoms with van der Waals surface area (Å²) in [4.78, 5) is 23.1. The summed E-state index contributed by atoms with van der Waals surface area (Å²) in [6.07, 6.45) is 0.733. The lowest BCUT2D eigenvalue weighted by Crippen LogP contribution is -2.53. The fourth-order valence-corrected chi connectivity index (χ4v) is 2.15. The molecule has 1 heterocycles. The van der Waals surface area contributed by atoms with Crippen LogP contribution in [-0.2, 0) is 25.7 Å². The van der Waals surface area contributed by atoms with E-state index in [9.17, 15) is 9.59 Å². The molecule has 1 aliphatic rings. The normalized spacial score (nSPS) is 22.1. The summed E-state index contributed by atoms with van der Waals surface area (Å²) >= 11 is 0. The van der Waals surface area contributed by atoms with Crippen LogP contribution in [0.1, 0.15) is 18.4 Å². The van der Waals surface area contributed by atoms with Crippen LogP contribution in [0.15, 0.2) is 30.3 Å². The predicted octanol–water partition coefficient (Wildman–Crippen LogP) is 1.02. The summed E-state index contributed by atoms with van der Waals surface area (Å²) in [5.41, 5.74) is -0.00695. The molecule has 1 aromatic rings. The molecule has 0 aliphatic carbocycles. The Bertz CT molecular complexity index is 460. The highest BCUT2D eigenvalue weighted by molar-refractivity contribution is 5.91. The van der Waals surface area contributed by atoms with Crippen molar-refractivity contribution in [2.24, 2.45) is 0 Å². The summed E-state index contributed by atoms with van der Waals surface area (Å²) in [7, 11) is 1.31. The van der Waals surface area contributed by atoms with Gasteiger partial charge in [-0.05, 0) is 12.0 Å². The SMILES string of the molecule is COC(=O)C1(COCc2ccccc2)CCC(=O)N1. The van der Waals surface area contributed by atoms with Gasteiger partial charge in [0.05, 0.1) is 20.3 Å². The Labute approximate surface area is 111 Å². The molecule has 0 aromatic heterocycles. The molecule has 1 aromatic carbocycles. The second kappa shape index (κ2) is 5.84. The molecular weight excluding hydrogens is 246 g/mol. The van der Waals surface area contributed by atoms with Gasteiger partial charge in [0, 0.05) is 6.42 Å². The maximum Gasteiger partial charge on any atom is 0.334 e. The summed E-state index contributed by atoms with van der Waals surface area (Å²) in [5.74, 6) is -0.597. The first-order valence-electron chi connectivity index (χ1n) is 6.17. The van der Waals surface area contributed by atoms with E-state index < -0.39 is 11.5 Å². The zero-order valence-electron chi connectivity index (χ0n) is 10.8. The third kappa shape index (κ3) is 3.12. The highest BCUT2D eigenvalue weighted by Gasteiger charge is 2.45. The molecule has 5 nitrogen and oxygen atoms in total. The van der Waals surface area contributed by atoms with Crippen LogP contribution in [-0.4, -0.2) is 31.1 Å². The van der Waals surface area contributed by atoms with Crippen LogP contribution in [0.3, 0.4) is 0 Å². The van der Waals surface area contributed by atoms with Gasteiger partial charge < -0.3 is 14.8 Å². The molecule has 0 spiro atoms. The number of hydrogen-bond donors (Lipinski definition) is 1. The van der Waals surface area contributed by atoms with E-state index in [0.29, 0.717) is 19.4 Å². The number of amides is 1. The van der Waals surface area contributed by atoms with E-state index in [1.165, 1.54) is 7.11 Å². The van der Waals surface area contributed by atoms with Gasteiger partial charge in [0.2, 0.25) is 5.91 Å². The second-order valence-corrected chi connectivity index (χ2v) is 4.60. The van der Waals surface area contributed by atoms with Gasteiger partial charge >= 0.3 is 5.97 Å². The molecule has 102 valence electrons. The van der Waals surface area contributed by atoms with Gasteiger partial charge in [0.25, 0.3) is 0 Å². The molecule has 0 saturated carbocycles. The summed E-state index contributed by atoms with van der Waals surface area (Å²) < 4.78 is 10.3. The van der Waals surface area contributed by atoms with Gasteiger partial charge in [-0.2, -0.15) is 0 Å². The molecule has 0 radical (unpaired) electrons. The van der Waals surface area contributed by atoms with Crippen molar-refractivity contribution < 1.29 is 19.1 Å². The molecule has 0 bridgehead atoms. The lowest BCUT2D eigenvalue weighted by Gasteiger charge is -2.25. The summed E-state index contributed by atoms with van der Waals surface area (Å²) in [6, 6.07) is 9.66. The molecule has 1 amide bonds. The minimum atomic E-state index is -1.03. The Hall–Kier alpha value is -1.88. The van der Waals surface area contributed by atoms with E-state index in [1.807, 2.05) is 30.3 Å². The average Bonchev–Trinajstić information content (AvgIpc) is 2.82. The Morgan fingerprint density at radius 2 is 2.11 bits per heavy atom. The molecule has 5 heteroatoms. The Kier molecular flexibility index (Phi) is 4.16. The number of carbonyl (C=O) groups is 2. The third-order valence-corrected chi connectivity index (χ3v) is 3.19. The van der Waals surface area contributed by atoms with Gasteiger partial charge in [-0.3, -0.25) is 4.79 Å². The molecule has 2 rings (SSSR count). The Morgan fingerprint density at radius 3 is 2.68 bits per heavy atom. The topological polar surface area (TPSA) is 64.6 Å². The van der Waals surface area contributed by atoms with Crippen molar-refractivity contribution in [1.29, 1.82) is 0 Å². The van der Waals surface area contributed by atoms with Gasteiger partial charge in [0.1, 0.15) is 0 Å². The highest BCUT2D eigenvalue weighted by Crippen LogP contribution is 2.22. The molecule has 1 atom stereocenters. The molecule has 1 unspecified atom stereocenters. The van der Waals surface area contributed by atoms with Gasteiger partial charge in [0.15, 0.2) is 5.54 Å². The van der Waals surface area contributed by atoms with Gasteiger partial charge in [-0.25, -0.2) is 4.79 Å². The Morgan fingerprint density at radius 1 is 1.37 bits per heavy atom. The molecule has 1 N–H and O–H groups in total. The third-order valence-electron chi connectivity index (χ3n) is 3.19. The first-order valence-corrected chi connectivity index (χ1v) is 6.17. The van der Waals surface area contributed by atoms with E-state index >= 15 is 0 Å². The number of benzene rings is 1. The van der Waals surface area contributed by atoms with Gasteiger partial charge in [-0.15, -0.1) is 0 Å². The molecular formula is C14H17NO4. The zero-order valence-corrected chi connectivity index (χ0v) is 10.8. The van der Waals surface area contributed by atoms with Crippen LogP contribution in [0.4, 0.5) is 0 Å². The maximum absolute atomic E-state index is 11.8. The smallest absolute Gasteiger partial charge is 0.334 e. The lowest BCUT2D eigenvalue weighted by atomic mass is 9.99. The minimum Gasteiger partial charge on any atom is -0.467 e. The summed E-state index contributed by atoms with van der Waals surface area (Å²) in [5, 5.41) is 2.67. The fraction of sp³-hybridized carbons (Fsp3) is 0.429. The summed E-state index contributed by atoms with van der Waals surface area (Å²) in [6.45, 7) is 0.524. The van der Waals surface area contributed by atoms with Crippen molar-refractivity contribution in [1.82, 2.24) is 5.32 Å². The lowest BCUT2D eigenvalue weighted by molar-refractivity contribution is -0.152. The van der Waals surface area contributed by atoms with Crippen LogP contribution < -0.4 is 5.32 Å². The van der Waals surface area contributed by atoms with Crippen molar-refractivity contribution in [2.45, 2.75) is 25.0 Å². The monoisotopic (exact) mass is 263 g/mol. The van der Waals surface area contributed by atoms with E-state index in [2.05, 4.69) is 5.32 Å².